The van der Waals surface area contributed by atoms with Gasteiger partial charge in [0.25, 0.3) is 5.56 Å². The standard InChI is InChI=1S/C18H16Cl2N6OS2/c1-7-8(2)28-17-13(7)16(27)22-14(23-17)9(3)29-18-25-24-15(26(18)21)11-5-4-10(19)6-12(11)20/h4-6,9H,21H2,1-3H3,(H,22,23,27)/t9-/m0/s1. The highest BCUT2D eigenvalue weighted by atomic mass is 35.5. The third-order valence-corrected chi connectivity index (χ3v) is 7.28. The smallest absolute Gasteiger partial charge is 0.259 e. The maximum Gasteiger partial charge on any atom is 0.259 e. The zero-order valence-corrected chi connectivity index (χ0v) is 18.8. The normalized spacial score (nSPS) is 12.6. The van der Waals surface area contributed by atoms with Gasteiger partial charge in [-0.25, -0.2) is 9.66 Å². The molecule has 3 N–H and O–H groups in total. The minimum Gasteiger partial charge on any atom is -0.335 e. The second kappa shape index (κ2) is 7.64. The molecule has 0 spiro atoms. The number of benzene rings is 1. The molecule has 0 aliphatic heterocycles. The summed E-state index contributed by atoms with van der Waals surface area (Å²) in [5, 5.41) is 10.2. The number of aromatic amines is 1. The Kier molecular flexibility index (Phi) is 5.32. The number of nitrogen functional groups attached to an aromatic ring is 1. The number of fused-ring (bicyclic) bond motifs is 1. The molecule has 11 heteroatoms. The summed E-state index contributed by atoms with van der Waals surface area (Å²) in [5.74, 6) is 7.18. The Labute approximate surface area is 184 Å². The number of aromatic nitrogens is 5. The van der Waals surface area contributed by atoms with Crippen LogP contribution < -0.4 is 11.4 Å². The van der Waals surface area contributed by atoms with Crippen molar-refractivity contribution in [1.29, 1.82) is 0 Å². The predicted molar refractivity (Wildman–Crippen MR) is 120 cm³/mol. The summed E-state index contributed by atoms with van der Waals surface area (Å²) in [6.07, 6.45) is 0. The first-order chi connectivity index (χ1) is 13.8. The molecule has 0 unspecified atom stereocenters. The van der Waals surface area contributed by atoms with Gasteiger partial charge in [0.2, 0.25) is 5.16 Å². The van der Waals surface area contributed by atoms with Gasteiger partial charge < -0.3 is 10.8 Å². The number of aryl methyl sites for hydroxylation is 2. The first-order valence-electron chi connectivity index (χ1n) is 8.58. The summed E-state index contributed by atoms with van der Waals surface area (Å²) >= 11 is 15.1. The van der Waals surface area contributed by atoms with Gasteiger partial charge in [-0.1, -0.05) is 35.0 Å². The van der Waals surface area contributed by atoms with E-state index in [9.17, 15) is 4.79 Å². The Morgan fingerprint density at radius 2 is 2.03 bits per heavy atom. The van der Waals surface area contributed by atoms with Crippen LogP contribution in [0, 0.1) is 13.8 Å². The van der Waals surface area contributed by atoms with E-state index in [-0.39, 0.29) is 10.8 Å². The molecular weight excluding hydrogens is 451 g/mol. The van der Waals surface area contributed by atoms with Crippen LogP contribution in [0.1, 0.15) is 28.4 Å². The minimum absolute atomic E-state index is 0.137. The lowest BCUT2D eigenvalue weighted by Gasteiger charge is -2.10. The van der Waals surface area contributed by atoms with Crippen LogP contribution in [-0.2, 0) is 0 Å². The zero-order chi connectivity index (χ0) is 20.9. The predicted octanol–water partition coefficient (Wildman–Crippen LogP) is 4.73. The van der Waals surface area contributed by atoms with Crippen molar-refractivity contribution in [3.63, 3.8) is 0 Å². The van der Waals surface area contributed by atoms with Crippen molar-refractivity contribution in [2.75, 3.05) is 5.84 Å². The SMILES string of the molecule is Cc1sc2nc([C@H](C)Sc3nnc(-c4ccc(Cl)cc4Cl)n3N)[nH]c(=O)c2c1C. The third-order valence-electron chi connectivity index (χ3n) is 4.56. The molecule has 4 aromatic rings. The van der Waals surface area contributed by atoms with Crippen LogP contribution in [0.15, 0.2) is 28.2 Å². The van der Waals surface area contributed by atoms with E-state index < -0.39 is 0 Å². The number of nitrogens with one attached hydrogen (secondary N) is 1. The Hall–Kier alpha value is -2.07. The molecule has 0 aliphatic rings. The van der Waals surface area contributed by atoms with E-state index in [4.69, 9.17) is 29.0 Å². The van der Waals surface area contributed by atoms with Crippen LogP contribution in [0.5, 0.6) is 0 Å². The molecule has 3 aromatic heterocycles. The van der Waals surface area contributed by atoms with Gasteiger partial charge in [-0.3, -0.25) is 4.79 Å². The van der Waals surface area contributed by atoms with Crippen molar-refractivity contribution in [1.82, 2.24) is 24.8 Å². The van der Waals surface area contributed by atoms with Crippen molar-refractivity contribution in [3.8, 4) is 11.4 Å². The molecule has 0 amide bonds. The number of rotatable bonds is 4. The van der Waals surface area contributed by atoms with Crippen LogP contribution in [0.4, 0.5) is 0 Å². The number of thioether (sulfide) groups is 1. The minimum atomic E-state index is -0.199. The largest absolute Gasteiger partial charge is 0.335 e. The van der Waals surface area contributed by atoms with E-state index in [1.165, 1.54) is 27.8 Å². The average molecular weight is 467 g/mol. The summed E-state index contributed by atoms with van der Waals surface area (Å²) in [6, 6.07) is 5.07. The summed E-state index contributed by atoms with van der Waals surface area (Å²) in [4.78, 5) is 21.9. The molecule has 0 saturated heterocycles. The van der Waals surface area contributed by atoms with Gasteiger partial charge >= 0.3 is 0 Å². The fourth-order valence-corrected chi connectivity index (χ4v) is 5.25. The molecule has 0 aliphatic carbocycles. The van der Waals surface area contributed by atoms with E-state index in [0.29, 0.717) is 37.8 Å². The van der Waals surface area contributed by atoms with E-state index >= 15 is 0 Å². The van der Waals surface area contributed by atoms with Crippen LogP contribution in [0.25, 0.3) is 21.6 Å². The number of thiophene rings is 1. The lowest BCUT2D eigenvalue weighted by molar-refractivity contribution is 0.835. The van der Waals surface area contributed by atoms with Crippen molar-refractivity contribution in [2.45, 2.75) is 31.2 Å². The van der Waals surface area contributed by atoms with Crippen molar-refractivity contribution in [3.05, 3.63) is 54.9 Å². The summed E-state index contributed by atoms with van der Waals surface area (Å²) in [7, 11) is 0. The lowest BCUT2D eigenvalue weighted by atomic mass is 10.2. The molecule has 150 valence electrons. The summed E-state index contributed by atoms with van der Waals surface area (Å²) < 4.78 is 1.37. The molecule has 7 nitrogen and oxygen atoms in total. The molecule has 0 bridgehead atoms. The molecule has 29 heavy (non-hydrogen) atoms. The monoisotopic (exact) mass is 466 g/mol. The van der Waals surface area contributed by atoms with Crippen LogP contribution >= 0.6 is 46.3 Å². The topological polar surface area (TPSA) is 102 Å². The number of nitrogens with zero attached hydrogens (tertiary/aromatic N) is 4. The van der Waals surface area contributed by atoms with Gasteiger partial charge in [0.1, 0.15) is 10.7 Å². The van der Waals surface area contributed by atoms with E-state index in [2.05, 4.69) is 20.2 Å². The number of hydrogen-bond acceptors (Lipinski definition) is 7. The maximum absolute atomic E-state index is 12.5. The van der Waals surface area contributed by atoms with Crippen molar-refractivity contribution < 1.29 is 0 Å². The molecular formula is C18H16Cl2N6OS2. The number of nitrogens with two attached hydrogens (primary N) is 1. The van der Waals surface area contributed by atoms with Crippen molar-refractivity contribution >= 4 is 56.5 Å². The van der Waals surface area contributed by atoms with Gasteiger partial charge in [0.05, 0.1) is 15.7 Å². The zero-order valence-electron chi connectivity index (χ0n) is 15.7. The van der Waals surface area contributed by atoms with Gasteiger partial charge in [-0.05, 0) is 44.5 Å². The highest BCUT2D eigenvalue weighted by Gasteiger charge is 2.20. The number of H-pyrrole nitrogens is 1. The van der Waals surface area contributed by atoms with Gasteiger partial charge in [0.15, 0.2) is 5.82 Å². The van der Waals surface area contributed by atoms with Crippen molar-refractivity contribution in [2.24, 2.45) is 0 Å². The maximum atomic E-state index is 12.5. The average Bonchev–Trinajstić information content (AvgIpc) is 3.15. The Morgan fingerprint density at radius 1 is 1.28 bits per heavy atom. The first-order valence-corrected chi connectivity index (χ1v) is 11.0. The van der Waals surface area contributed by atoms with E-state index in [1.807, 2.05) is 20.8 Å². The quantitative estimate of drug-likeness (QED) is 0.332. The fraction of sp³-hybridized carbons (Fsp3) is 0.222. The lowest BCUT2D eigenvalue weighted by Crippen LogP contribution is -2.14. The molecule has 0 saturated carbocycles. The van der Waals surface area contributed by atoms with Gasteiger partial charge in [-0.2, -0.15) is 0 Å². The van der Waals surface area contributed by atoms with Gasteiger partial charge in [-0.15, -0.1) is 21.5 Å². The Balaban J connectivity index is 1.66. The van der Waals surface area contributed by atoms with Crippen LogP contribution in [0.2, 0.25) is 10.0 Å². The number of halogens is 2. The highest BCUT2D eigenvalue weighted by Crippen LogP contribution is 2.35. The van der Waals surface area contributed by atoms with Crippen LogP contribution in [-0.4, -0.2) is 24.8 Å². The molecule has 4 rings (SSSR count). The summed E-state index contributed by atoms with van der Waals surface area (Å²) in [6.45, 7) is 5.84. The molecule has 0 fully saturated rings. The molecule has 1 aromatic carbocycles. The summed E-state index contributed by atoms with van der Waals surface area (Å²) in [5.41, 5.74) is 1.46. The highest BCUT2D eigenvalue weighted by molar-refractivity contribution is 7.99. The third kappa shape index (κ3) is 3.63. The molecule has 3 heterocycles. The van der Waals surface area contributed by atoms with E-state index in [1.54, 1.807) is 18.2 Å². The second-order valence-electron chi connectivity index (χ2n) is 6.47. The Bertz CT molecular complexity index is 1300. The second-order valence-corrected chi connectivity index (χ2v) is 9.83. The molecule has 1 atom stereocenters. The molecule has 0 radical (unpaired) electrons. The fourth-order valence-electron chi connectivity index (χ4n) is 2.89. The van der Waals surface area contributed by atoms with Crippen LogP contribution in [0.3, 0.4) is 0 Å². The number of hydrogen-bond donors (Lipinski definition) is 2. The Morgan fingerprint density at radius 3 is 2.76 bits per heavy atom. The van der Waals surface area contributed by atoms with Gasteiger partial charge in [0, 0.05) is 15.5 Å². The van der Waals surface area contributed by atoms with E-state index in [0.717, 1.165) is 15.3 Å². The first kappa shape index (κ1) is 20.2.